The molecule has 2 aromatic rings. The molecular formula is C19H17NO3. The Balaban J connectivity index is 0.000000174. The molecule has 1 heterocycles. The Labute approximate surface area is 135 Å². The summed E-state index contributed by atoms with van der Waals surface area (Å²) in [7, 11) is 0. The summed E-state index contributed by atoms with van der Waals surface area (Å²) < 4.78 is 0. The van der Waals surface area contributed by atoms with Crippen LogP contribution in [-0.2, 0) is 16.0 Å². The van der Waals surface area contributed by atoms with Crippen molar-refractivity contribution in [3.05, 3.63) is 85.0 Å². The zero-order valence-electron chi connectivity index (χ0n) is 12.6. The number of anilines is 1. The minimum Gasteiger partial charge on any atom is -0.508 e. The molecular weight excluding hydrogens is 290 g/mol. The van der Waals surface area contributed by atoms with E-state index in [1.165, 1.54) is 12.2 Å². The molecule has 2 aromatic carbocycles. The topological polar surface area (TPSA) is 57.6 Å². The fraction of sp³-hybridized carbons (Fsp3) is 0.0526. The van der Waals surface area contributed by atoms with E-state index < -0.39 is 0 Å². The fourth-order valence-corrected chi connectivity index (χ4v) is 2.07. The number of rotatable bonds is 3. The van der Waals surface area contributed by atoms with Gasteiger partial charge < -0.3 is 5.11 Å². The summed E-state index contributed by atoms with van der Waals surface area (Å²) in [5.41, 5.74) is 1.54. The van der Waals surface area contributed by atoms with Gasteiger partial charge >= 0.3 is 0 Å². The summed E-state index contributed by atoms with van der Waals surface area (Å²) in [4.78, 5) is 23.5. The van der Waals surface area contributed by atoms with Crippen LogP contribution in [0, 0.1) is 0 Å². The molecule has 4 nitrogen and oxygen atoms in total. The molecule has 0 atom stereocenters. The molecule has 1 aliphatic heterocycles. The first-order valence-corrected chi connectivity index (χ1v) is 7.12. The predicted octanol–water partition coefficient (Wildman–Crippen LogP) is 3.24. The molecule has 0 aromatic heterocycles. The molecule has 0 spiro atoms. The van der Waals surface area contributed by atoms with Gasteiger partial charge in [-0.3, -0.25) is 9.59 Å². The number of carbonyl (C=O) groups excluding carboxylic acids is 2. The van der Waals surface area contributed by atoms with Gasteiger partial charge in [0.15, 0.2) is 0 Å². The number of amides is 2. The Kier molecular flexibility index (Phi) is 5.47. The van der Waals surface area contributed by atoms with Gasteiger partial charge in [0.2, 0.25) is 0 Å². The van der Waals surface area contributed by atoms with E-state index in [0.717, 1.165) is 16.9 Å². The normalized spacial score (nSPS) is 12.8. The maximum absolute atomic E-state index is 11.2. The predicted molar refractivity (Wildman–Crippen MR) is 90.1 cm³/mol. The number of carbonyl (C=O) groups is 2. The van der Waals surface area contributed by atoms with E-state index in [-0.39, 0.29) is 11.8 Å². The van der Waals surface area contributed by atoms with Gasteiger partial charge in [-0.05, 0) is 30.2 Å². The number of hydrogen-bond acceptors (Lipinski definition) is 3. The van der Waals surface area contributed by atoms with Crippen LogP contribution in [0.25, 0.3) is 0 Å². The molecule has 0 radical (unpaired) electrons. The van der Waals surface area contributed by atoms with Crippen molar-refractivity contribution in [1.82, 2.24) is 0 Å². The molecule has 4 heteroatoms. The standard InChI is InChI=1S/C10H7NO2.C9H10O/c12-9-6-7-10(13)11(9)8-4-2-1-3-5-8;1-2-5-8-6-3-4-7-9(8)10/h1-7H;2-4,6-7,10H,1,5H2. The van der Waals surface area contributed by atoms with E-state index in [0.29, 0.717) is 11.4 Å². The Morgan fingerprint density at radius 3 is 2.04 bits per heavy atom. The second kappa shape index (κ2) is 7.75. The summed E-state index contributed by atoms with van der Waals surface area (Å²) in [5, 5.41) is 9.19. The van der Waals surface area contributed by atoms with E-state index >= 15 is 0 Å². The molecule has 0 aliphatic carbocycles. The van der Waals surface area contributed by atoms with Gasteiger partial charge in [0.25, 0.3) is 11.8 Å². The van der Waals surface area contributed by atoms with E-state index in [1.807, 2.05) is 24.3 Å². The third kappa shape index (κ3) is 4.17. The molecule has 0 fully saturated rings. The van der Waals surface area contributed by atoms with Crippen LogP contribution in [0.3, 0.4) is 0 Å². The number of allylic oxidation sites excluding steroid dienone is 1. The van der Waals surface area contributed by atoms with E-state index in [9.17, 15) is 14.7 Å². The molecule has 0 unspecified atom stereocenters. The van der Waals surface area contributed by atoms with E-state index in [2.05, 4.69) is 6.58 Å². The third-order valence-electron chi connectivity index (χ3n) is 3.18. The lowest BCUT2D eigenvalue weighted by Gasteiger charge is -2.12. The number of aromatic hydroxyl groups is 1. The van der Waals surface area contributed by atoms with Crippen molar-refractivity contribution in [3.8, 4) is 5.75 Å². The summed E-state index contributed by atoms with van der Waals surface area (Å²) in [5.74, 6) is -0.213. The molecule has 3 rings (SSSR count). The number of imide groups is 1. The third-order valence-corrected chi connectivity index (χ3v) is 3.18. The second-order valence-electron chi connectivity index (χ2n) is 4.80. The van der Waals surface area contributed by atoms with Gasteiger partial charge in [0.1, 0.15) is 5.75 Å². The molecule has 0 saturated carbocycles. The van der Waals surface area contributed by atoms with Gasteiger partial charge in [-0.1, -0.05) is 42.5 Å². The highest BCUT2D eigenvalue weighted by Gasteiger charge is 2.24. The van der Waals surface area contributed by atoms with Gasteiger partial charge in [-0.25, -0.2) is 4.90 Å². The van der Waals surface area contributed by atoms with Gasteiger partial charge in [0.05, 0.1) is 5.69 Å². The highest BCUT2D eigenvalue weighted by atomic mass is 16.3. The number of phenolic OH excluding ortho intramolecular Hbond substituents is 1. The van der Waals surface area contributed by atoms with Crippen LogP contribution in [0.15, 0.2) is 79.4 Å². The van der Waals surface area contributed by atoms with E-state index in [1.54, 1.807) is 36.4 Å². The zero-order valence-corrected chi connectivity index (χ0v) is 12.6. The smallest absolute Gasteiger partial charge is 0.258 e. The Bertz CT molecular complexity index is 717. The molecule has 23 heavy (non-hydrogen) atoms. The van der Waals surface area contributed by atoms with Crippen LogP contribution in [0.4, 0.5) is 5.69 Å². The van der Waals surface area contributed by atoms with Crippen molar-refractivity contribution >= 4 is 17.5 Å². The first-order chi connectivity index (χ1) is 11.1. The number of hydrogen-bond donors (Lipinski definition) is 1. The van der Waals surface area contributed by atoms with Crippen molar-refractivity contribution < 1.29 is 14.7 Å². The van der Waals surface area contributed by atoms with Crippen LogP contribution < -0.4 is 4.90 Å². The minimum atomic E-state index is -0.281. The Hall–Kier alpha value is -3.14. The summed E-state index contributed by atoms with van der Waals surface area (Å²) in [6.45, 7) is 3.59. The summed E-state index contributed by atoms with van der Waals surface area (Å²) in [6.07, 6.45) is 5.05. The average Bonchev–Trinajstić information content (AvgIpc) is 2.90. The fourth-order valence-electron chi connectivity index (χ4n) is 2.07. The van der Waals surface area contributed by atoms with Gasteiger partial charge in [-0.15, -0.1) is 6.58 Å². The monoisotopic (exact) mass is 307 g/mol. The highest BCUT2D eigenvalue weighted by molar-refractivity contribution is 6.28. The summed E-state index contributed by atoms with van der Waals surface area (Å²) >= 11 is 0. The largest absolute Gasteiger partial charge is 0.508 e. The van der Waals surface area contributed by atoms with Crippen molar-refractivity contribution in [2.24, 2.45) is 0 Å². The van der Waals surface area contributed by atoms with Crippen molar-refractivity contribution in [2.75, 3.05) is 4.90 Å². The van der Waals surface area contributed by atoms with Crippen molar-refractivity contribution in [3.63, 3.8) is 0 Å². The average molecular weight is 307 g/mol. The van der Waals surface area contributed by atoms with Crippen molar-refractivity contribution in [1.29, 1.82) is 0 Å². The minimum absolute atomic E-state index is 0.281. The SMILES string of the molecule is C=CCc1ccccc1O.O=C1C=CC(=O)N1c1ccccc1. The molecule has 2 amide bonds. The van der Waals surface area contributed by atoms with Crippen LogP contribution >= 0.6 is 0 Å². The maximum Gasteiger partial charge on any atom is 0.258 e. The Morgan fingerprint density at radius 1 is 0.913 bits per heavy atom. The highest BCUT2D eigenvalue weighted by Crippen LogP contribution is 2.17. The number of benzene rings is 2. The van der Waals surface area contributed by atoms with Crippen LogP contribution in [-0.4, -0.2) is 16.9 Å². The molecule has 116 valence electrons. The van der Waals surface area contributed by atoms with E-state index in [4.69, 9.17) is 0 Å². The number of para-hydroxylation sites is 2. The molecule has 1 aliphatic rings. The first-order valence-electron chi connectivity index (χ1n) is 7.12. The summed E-state index contributed by atoms with van der Waals surface area (Å²) in [6, 6.07) is 16.1. The lowest BCUT2D eigenvalue weighted by Crippen LogP contribution is -2.29. The van der Waals surface area contributed by atoms with Crippen LogP contribution in [0.5, 0.6) is 5.75 Å². The zero-order chi connectivity index (χ0) is 16.7. The number of phenols is 1. The maximum atomic E-state index is 11.2. The molecule has 0 saturated heterocycles. The van der Waals surface area contributed by atoms with Gasteiger partial charge in [-0.2, -0.15) is 0 Å². The molecule has 1 N–H and O–H groups in total. The van der Waals surface area contributed by atoms with Crippen LogP contribution in [0.2, 0.25) is 0 Å². The van der Waals surface area contributed by atoms with Gasteiger partial charge in [0, 0.05) is 12.2 Å². The van der Waals surface area contributed by atoms with Crippen LogP contribution in [0.1, 0.15) is 5.56 Å². The molecule has 0 bridgehead atoms. The van der Waals surface area contributed by atoms with Crippen molar-refractivity contribution in [2.45, 2.75) is 6.42 Å². The second-order valence-corrected chi connectivity index (χ2v) is 4.80. The lowest BCUT2D eigenvalue weighted by atomic mass is 10.1. The number of nitrogens with zero attached hydrogens (tertiary/aromatic N) is 1. The quantitative estimate of drug-likeness (QED) is 0.699. The first kappa shape index (κ1) is 16.2. The lowest BCUT2D eigenvalue weighted by molar-refractivity contribution is -0.119. The Morgan fingerprint density at radius 2 is 1.48 bits per heavy atom.